The minimum Gasteiger partial charge on any atom is -0.388 e. The Morgan fingerprint density at radius 2 is 2.35 bits per heavy atom. The van der Waals surface area contributed by atoms with E-state index in [1.165, 1.54) is 19.3 Å². The average Bonchev–Trinajstić information content (AvgIpc) is 2.78. The molecule has 1 saturated heterocycles. The van der Waals surface area contributed by atoms with Crippen molar-refractivity contribution in [2.75, 3.05) is 18.0 Å². The van der Waals surface area contributed by atoms with Gasteiger partial charge in [-0.05, 0) is 18.8 Å². The van der Waals surface area contributed by atoms with E-state index in [2.05, 4.69) is 21.8 Å². The molecule has 0 radical (unpaired) electrons. The first-order chi connectivity index (χ1) is 8.20. The molecule has 1 aromatic heterocycles. The van der Waals surface area contributed by atoms with E-state index in [0.29, 0.717) is 10.7 Å². The monoisotopic (exact) mass is 250 g/mol. The van der Waals surface area contributed by atoms with Crippen LogP contribution in [-0.2, 0) is 0 Å². The van der Waals surface area contributed by atoms with Crippen LogP contribution in [0.25, 0.3) is 0 Å². The van der Waals surface area contributed by atoms with Crippen molar-refractivity contribution in [3.8, 4) is 0 Å². The van der Waals surface area contributed by atoms with Crippen molar-refractivity contribution in [2.45, 2.75) is 26.2 Å². The van der Waals surface area contributed by atoms with Gasteiger partial charge < -0.3 is 10.6 Å². The first-order valence-electron chi connectivity index (χ1n) is 6.07. The average molecular weight is 250 g/mol. The molecule has 2 heterocycles. The predicted molar refractivity (Wildman–Crippen MR) is 73.1 cm³/mol. The number of thiocarbonyl (C=S) groups is 1. The van der Waals surface area contributed by atoms with E-state index in [-0.39, 0.29) is 0 Å². The van der Waals surface area contributed by atoms with Crippen LogP contribution >= 0.6 is 12.2 Å². The molecule has 0 bridgehead atoms. The van der Waals surface area contributed by atoms with Crippen molar-refractivity contribution in [3.05, 3.63) is 18.1 Å². The van der Waals surface area contributed by atoms with Crippen LogP contribution in [0.2, 0.25) is 0 Å². The maximum absolute atomic E-state index is 5.49. The number of hydrogen-bond acceptors (Lipinski definition) is 4. The SMILES string of the molecule is CCCC1CCN(c2cnc(C(N)=S)cn2)C1. The number of rotatable bonds is 4. The Labute approximate surface area is 107 Å². The molecule has 1 fully saturated rings. The zero-order chi connectivity index (χ0) is 12.3. The lowest BCUT2D eigenvalue weighted by Crippen LogP contribution is -2.21. The quantitative estimate of drug-likeness (QED) is 0.825. The molecule has 0 amide bonds. The lowest BCUT2D eigenvalue weighted by Gasteiger charge is -2.17. The van der Waals surface area contributed by atoms with Crippen LogP contribution in [0.5, 0.6) is 0 Å². The summed E-state index contributed by atoms with van der Waals surface area (Å²) >= 11 is 4.85. The maximum Gasteiger partial charge on any atom is 0.147 e. The van der Waals surface area contributed by atoms with Crippen molar-refractivity contribution in [1.82, 2.24) is 9.97 Å². The van der Waals surface area contributed by atoms with E-state index < -0.39 is 0 Å². The molecule has 2 rings (SSSR count). The third-order valence-electron chi connectivity index (χ3n) is 3.20. The minimum absolute atomic E-state index is 0.300. The molecule has 0 aliphatic carbocycles. The van der Waals surface area contributed by atoms with Crippen molar-refractivity contribution in [1.29, 1.82) is 0 Å². The zero-order valence-electron chi connectivity index (χ0n) is 10.1. The van der Waals surface area contributed by atoms with Gasteiger partial charge >= 0.3 is 0 Å². The van der Waals surface area contributed by atoms with Crippen molar-refractivity contribution in [3.63, 3.8) is 0 Å². The van der Waals surface area contributed by atoms with E-state index in [1.807, 2.05) is 0 Å². The van der Waals surface area contributed by atoms with Crippen LogP contribution in [0.4, 0.5) is 5.82 Å². The van der Waals surface area contributed by atoms with Crippen LogP contribution in [-0.4, -0.2) is 28.0 Å². The van der Waals surface area contributed by atoms with Crippen LogP contribution in [0.15, 0.2) is 12.4 Å². The smallest absolute Gasteiger partial charge is 0.147 e. The van der Waals surface area contributed by atoms with Gasteiger partial charge in [0.2, 0.25) is 0 Å². The van der Waals surface area contributed by atoms with Crippen molar-refractivity contribution < 1.29 is 0 Å². The molecular formula is C12H18N4S. The summed E-state index contributed by atoms with van der Waals surface area (Å²) in [6.07, 6.45) is 7.24. The maximum atomic E-state index is 5.49. The Bertz CT molecular complexity index is 390. The Morgan fingerprint density at radius 3 is 2.94 bits per heavy atom. The first kappa shape index (κ1) is 12.2. The van der Waals surface area contributed by atoms with Gasteiger partial charge in [0.1, 0.15) is 16.5 Å². The summed E-state index contributed by atoms with van der Waals surface area (Å²) in [5.74, 6) is 1.74. The third-order valence-corrected chi connectivity index (χ3v) is 3.41. The van der Waals surface area contributed by atoms with Gasteiger partial charge in [-0.15, -0.1) is 0 Å². The second-order valence-electron chi connectivity index (χ2n) is 4.51. The van der Waals surface area contributed by atoms with E-state index in [4.69, 9.17) is 18.0 Å². The first-order valence-corrected chi connectivity index (χ1v) is 6.48. The van der Waals surface area contributed by atoms with Gasteiger partial charge in [-0.2, -0.15) is 0 Å². The number of hydrogen-bond donors (Lipinski definition) is 1. The molecule has 17 heavy (non-hydrogen) atoms. The van der Waals surface area contributed by atoms with Crippen LogP contribution < -0.4 is 10.6 Å². The molecular weight excluding hydrogens is 232 g/mol. The third kappa shape index (κ3) is 2.91. The van der Waals surface area contributed by atoms with Gasteiger partial charge in [0.25, 0.3) is 0 Å². The molecule has 2 N–H and O–H groups in total. The number of anilines is 1. The zero-order valence-corrected chi connectivity index (χ0v) is 10.9. The highest BCUT2D eigenvalue weighted by atomic mass is 32.1. The van der Waals surface area contributed by atoms with Crippen LogP contribution in [0.3, 0.4) is 0 Å². The van der Waals surface area contributed by atoms with E-state index >= 15 is 0 Å². The highest BCUT2D eigenvalue weighted by molar-refractivity contribution is 7.80. The fourth-order valence-corrected chi connectivity index (χ4v) is 2.40. The molecule has 0 aromatic carbocycles. The molecule has 92 valence electrons. The Kier molecular flexibility index (Phi) is 3.89. The highest BCUT2D eigenvalue weighted by Crippen LogP contribution is 2.24. The Balaban J connectivity index is 2.01. The Hall–Kier alpha value is -1.23. The van der Waals surface area contributed by atoms with Crippen molar-refractivity contribution >= 4 is 23.0 Å². The summed E-state index contributed by atoms with van der Waals surface area (Å²) in [5, 5.41) is 0. The normalized spacial score (nSPS) is 19.6. The lowest BCUT2D eigenvalue weighted by atomic mass is 10.0. The van der Waals surface area contributed by atoms with Gasteiger partial charge in [0.15, 0.2) is 0 Å². The summed E-state index contributed by atoms with van der Waals surface area (Å²) in [6.45, 7) is 4.40. The van der Waals surface area contributed by atoms with Gasteiger partial charge in [0.05, 0.1) is 12.4 Å². The molecule has 0 spiro atoms. The number of aromatic nitrogens is 2. The summed E-state index contributed by atoms with van der Waals surface area (Å²) in [7, 11) is 0. The summed E-state index contributed by atoms with van der Waals surface area (Å²) in [6, 6.07) is 0. The van der Waals surface area contributed by atoms with Gasteiger partial charge in [0, 0.05) is 13.1 Å². The molecule has 1 aliphatic heterocycles. The second kappa shape index (κ2) is 5.40. The molecule has 5 heteroatoms. The summed E-state index contributed by atoms with van der Waals surface area (Å²) in [4.78, 5) is 11.2. The van der Waals surface area contributed by atoms with Gasteiger partial charge in [-0.25, -0.2) is 9.97 Å². The minimum atomic E-state index is 0.300. The molecule has 1 aromatic rings. The molecule has 1 aliphatic rings. The number of nitrogens with two attached hydrogens (primary N) is 1. The van der Waals surface area contributed by atoms with Gasteiger partial charge in [-0.1, -0.05) is 25.6 Å². The second-order valence-corrected chi connectivity index (χ2v) is 4.95. The predicted octanol–water partition coefficient (Wildman–Crippen LogP) is 1.74. The Morgan fingerprint density at radius 1 is 1.53 bits per heavy atom. The van der Waals surface area contributed by atoms with Crippen LogP contribution in [0, 0.1) is 5.92 Å². The molecule has 0 saturated carbocycles. The summed E-state index contributed by atoms with van der Waals surface area (Å²) in [5.41, 5.74) is 6.09. The molecule has 1 unspecified atom stereocenters. The summed E-state index contributed by atoms with van der Waals surface area (Å²) < 4.78 is 0. The van der Waals surface area contributed by atoms with E-state index in [9.17, 15) is 0 Å². The topological polar surface area (TPSA) is 55.0 Å². The van der Waals surface area contributed by atoms with Gasteiger partial charge in [-0.3, -0.25) is 0 Å². The number of nitrogens with zero attached hydrogens (tertiary/aromatic N) is 3. The largest absolute Gasteiger partial charge is 0.388 e. The lowest BCUT2D eigenvalue weighted by molar-refractivity contribution is 0.529. The fourth-order valence-electron chi connectivity index (χ4n) is 2.30. The standard InChI is InChI=1S/C12H18N4S/c1-2-3-9-4-5-16(8-9)11-7-14-10(6-15-11)12(13)17/h6-7,9H,2-5,8H2,1H3,(H2,13,17). The van der Waals surface area contributed by atoms with Crippen LogP contribution in [0.1, 0.15) is 31.9 Å². The highest BCUT2D eigenvalue weighted by Gasteiger charge is 2.22. The fraction of sp³-hybridized carbons (Fsp3) is 0.583. The van der Waals surface area contributed by atoms with E-state index in [1.54, 1.807) is 12.4 Å². The molecule has 1 atom stereocenters. The van der Waals surface area contributed by atoms with E-state index in [0.717, 1.165) is 24.8 Å². The molecule has 4 nitrogen and oxygen atoms in total. The van der Waals surface area contributed by atoms with Crippen molar-refractivity contribution in [2.24, 2.45) is 11.7 Å².